The van der Waals surface area contributed by atoms with Crippen LogP contribution in [0.2, 0.25) is 0 Å². The Labute approximate surface area is 101 Å². The number of pyridine rings is 1. The zero-order chi connectivity index (χ0) is 12.3. The highest BCUT2D eigenvalue weighted by atomic mass is 32.1. The quantitative estimate of drug-likeness (QED) is 0.841. The van der Waals surface area contributed by atoms with Crippen LogP contribution in [0.3, 0.4) is 0 Å². The lowest BCUT2D eigenvalue weighted by Crippen LogP contribution is -2.03. The van der Waals surface area contributed by atoms with E-state index in [1.165, 1.54) is 0 Å². The summed E-state index contributed by atoms with van der Waals surface area (Å²) in [6.45, 7) is 2.00. The number of hydrogen-bond donors (Lipinski definition) is 1. The van der Waals surface area contributed by atoms with Crippen molar-refractivity contribution in [2.75, 3.05) is 6.61 Å². The largest absolute Gasteiger partial charge is 0.462 e. The van der Waals surface area contributed by atoms with Crippen LogP contribution in [0.25, 0.3) is 11.3 Å². The maximum atomic E-state index is 11.7. The van der Waals surface area contributed by atoms with Gasteiger partial charge in [0.2, 0.25) is 0 Å². The van der Waals surface area contributed by atoms with E-state index in [9.17, 15) is 9.59 Å². The summed E-state index contributed by atoms with van der Waals surface area (Å²) >= 11 is 0.851. The molecule has 0 aliphatic rings. The minimum atomic E-state index is -0.484. The number of carbonyl (C=O) groups is 1. The van der Waals surface area contributed by atoms with Crippen molar-refractivity contribution in [2.24, 2.45) is 0 Å². The lowest BCUT2D eigenvalue weighted by atomic mass is 10.2. The van der Waals surface area contributed by atoms with Gasteiger partial charge in [0, 0.05) is 18.0 Å². The molecule has 2 heterocycles. The Morgan fingerprint density at radius 1 is 1.47 bits per heavy atom. The summed E-state index contributed by atoms with van der Waals surface area (Å²) in [5, 5.41) is 0. The van der Waals surface area contributed by atoms with Gasteiger partial charge in [-0.05, 0) is 19.1 Å². The fourth-order valence-corrected chi connectivity index (χ4v) is 2.14. The third kappa shape index (κ3) is 2.42. The first-order valence-corrected chi connectivity index (χ1v) is 5.84. The van der Waals surface area contributed by atoms with E-state index in [0.29, 0.717) is 10.6 Å². The Morgan fingerprint density at radius 3 is 2.82 bits per heavy atom. The first-order valence-electron chi connectivity index (χ1n) is 5.03. The SMILES string of the molecule is CCOC(=O)c1sc(=O)[nH]c1-c1ccncc1. The van der Waals surface area contributed by atoms with Gasteiger partial charge in [0.1, 0.15) is 4.88 Å². The van der Waals surface area contributed by atoms with E-state index in [2.05, 4.69) is 9.97 Å². The summed E-state index contributed by atoms with van der Waals surface area (Å²) in [6.07, 6.45) is 3.19. The minimum absolute atomic E-state index is 0.278. The number of carbonyl (C=O) groups excluding carboxylic acids is 1. The summed E-state index contributed by atoms with van der Waals surface area (Å²) in [4.78, 5) is 29.5. The summed E-state index contributed by atoms with van der Waals surface area (Å²) in [7, 11) is 0. The molecule has 0 fully saturated rings. The fraction of sp³-hybridized carbons (Fsp3) is 0.182. The highest BCUT2D eigenvalue weighted by molar-refractivity contribution is 7.11. The number of nitrogens with one attached hydrogen (secondary N) is 1. The topological polar surface area (TPSA) is 72.1 Å². The zero-order valence-corrected chi connectivity index (χ0v) is 9.91. The van der Waals surface area contributed by atoms with Crippen LogP contribution in [0.15, 0.2) is 29.3 Å². The molecule has 0 saturated heterocycles. The molecule has 0 amide bonds. The average Bonchev–Trinajstić information content (AvgIpc) is 2.73. The van der Waals surface area contributed by atoms with E-state index in [-0.39, 0.29) is 11.5 Å². The number of aromatic amines is 1. The number of ether oxygens (including phenoxy) is 1. The molecule has 17 heavy (non-hydrogen) atoms. The van der Waals surface area contributed by atoms with Gasteiger partial charge in [0.15, 0.2) is 0 Å². The van der Waals surface area contributed by atoms with Crippen molar-refractivity contribution in [2.45, 2.75) is 6.92 Å². The van der Waals surface area contributed by atoms with Gasteiger partial charge < -0.3 is 9.72 Å². The molecule has 2 aromatic rings. The van der Waals surface area contributed by atoms with Gasteiger partial charge in [-0.1, -0.05) is 11.3 Å². The fourth-order valence-electron chi connectivity index (χ4n) is 1.39. The number of thiazole rings is 1. The molecular formula is C11H10N2O3S. The molecular weight excluding hydrogens is 240 g/mol. The van der Waals surface area contributed by atoms with E-state index in [0.717, 1.165) is 16.9 Å². The second-order valence-corrected chi connectivity index (χ2v) is 4.16. The molecule has 6 heteroatoms. The van der Waals surface area contributed by atoms with Gasteiger partial charge in [-0.25, -0.2) is 4.79 Å². The van der Waals surface area contributed by atoms with Gasteiger partial charge in [0.25, 0.3) is 0 Å². The smallest absolute Gasteiger partial charge is 0.350 e. The molecule has 2 rings (SSSR count). The molecule has 0 saturated carbocycles. The van der Waals surface area contributed by atoms with Crippen molar-refractivity contribution in [1.82, 2.24) is 9.97 Å². The number of aromatic nitrogens is 2. The number of esters is 1. The molecule has 0 aromatic carbocycles. The second kappa shape index (κ2) is 4.92. The second-order valence-electron chi connectivity index (χ2n) is 3.18. The lowest BCUT2D eigenvalue weighted by Gasteiger charge is -2.02. The van der Waals surface area contributed by atoms with Gasteiger partial charge in [0.05, 0.1) is 12.3 Å². The molecule has 0 radical (unpaired) electrons. The van der Waals surface area contributed by atoms with E-state index in [4.69, 9.17) is 4.74 Å². The molecule has 0 aliphatic carbocycles. The number of hydrogen-bond acceptors (Lipinski definition) is 5. The summed E-state index contributed by atoms with van der Waals surface area (Å²) in [5.74, 6) is -0.484. The Bertz CT molecular complexity index is 574. The molecule has 0 atom stereocenters. The molecule has 0 spiro atoms. The highest BCUT2D eigenvalue weighted by Gasteiger charge is 2.18. The van der Waals surface area contributed by atoms with Gasteiger partial charge in [-0.3, -0.25) is 9.78 Å². The van der Waals surface area contributed by atoms with Crippen molar-refractivity contribution in [3.63, 3.8) is 0 Å². The van der Waals surface area contributed by atoms with E-state index < -0.39 is 5.97 Å². The van der Waals surface area contributed by atoms with Crippen molar-refractivity contribution in [3.05, 3.63) is 39.1 Å². The molecule has 5 nitrogen and oxygen atoms in total. The van der Waals surface area contributed by atoms with Crippen LogP contribution >= 0.6 is 11.3 Å². The van der Waals surface area contributed by atoms with E-state index in [1.807, 2.05) is 0 Å². The normalized spacial score (nSPS) is 10.2. The lowest BCUT2D eigenvalue weighted by molar-refractivity contribution is 0.0532. The number of H-pyrrole nitrogens is 1. The van der Waals surface area contributed by atoms with E-state index in [1.54, 1.807) is 31.5 Å². The average molecular weight is 250 g/mol. The zero-order valence-electron chi connectivity index (χ0n) is 9.10. The molecule has 88 valence electrons. The van der Waals surface area contributed by atoms with Crippen LogP contribution in [-0.4, -0.2) is 22.5 Å². The minimum Gasteiger partial charge on any atom is -0.462 e. The molecule has 1 N–H and O–H groups in total. The van der Waals surface area contributed by atoms with Crippen LogP contribution in [0, 0.1) is 0 Å². The predicted octanol–water partition coefficient (Wildman–Crippen LogP) is 1.68. The Hall–Kier alpha value is -1.95. The van der Waals surface area contributed by atoms with Crippen LogP contribution < -0.4 is 4.87 Å². The number of rotatable bonds is 3. The molecule has 2 aromatic heterocycles. The molecule has 0 unspecified atom stereocenters. The Morgan fingerprint density at radius 2 is 2.18 bits per heavy atom. The summed E-state index contributed by atoms with van der Waals surface area (Å²) in [6, 6.07) is 3.45. The first kappa shape index (κ1) is 11.5. The standard InChI is InChI=1S/C11H10N2O3S/c1-2-16-10(14)9-8(13-11(15)17-9)7-3-5-12-6-4-7/h3-6H,2H2,1H3,(H,13,15). The van der Waals surface area contributed by atoms with E-state index >= 15 is 0 Å². The molecule has 0 aliphatic heterocycles. The monoisotopic (exact) mass is 250 g/mol. The van der Waals surface area contributed by atoms with Crippen LogP contribution in [-0.2, 0) is 4.74 Å². The highest BCUT2D eigenvalue weighted by Crippen LogP contribution is 2.23. The van der Waals surface area contributed by atoms with Crippen LogP contribution in [0.1, 0.15) is 16.6 Å². The van der Waals surface area contributed by atoms with Gasteiger partial charge >= 0.3 is 10.8 Å². The predicted molar refractivity (Wildman–Crippen MR) is 64.1 cm³/mol. The van der Waals surface area contributed by atoms with Crippen molar-refractivity contribution < 1.29 is 9.53 Å². The van der Waals surface area contributed by atoms with Crippen molar-refractivity contribution >= 4 is 17.3 Å². The Balaban J connectivity index is 2.48. The Kier molecular flexibility index (Phi) is 3.34. The maximum absolute atomic E-state index is 11.7. The van der Waals surface area contributed by atoms with Gasteiger partial charge in [-0.15, -0.1) is 0 Å². The summed E-state index contributed by atoms with van der Waals surface area (Å²) < 4.78 is 4.90. The van der Waals surface area contributed by atoms with Gasteiger partial charge in [-0.2, -0.15) is 0 Å². The van der Waals surface area contributed by atoms with Crippen molar-refractivity contribution in [3.8, 4) is 11.3 Å². The third-order valence-corrected chi connectivity index (χ3v) is 2.94. The number of nitrogens with zero attached hydrogens (tertiary/aromatic N) is 1. The maximum Gasteiger partial charge on any atom is 0.350 e. The summed E-state index contributed by atoms with van der Waals surface area (Å²) in [5.41, 5.74) is 1.22. The van der Waals surface area contributed by atoms with Crippen LogP contribution in [0.4, 0.5) is 0 Å². The van der Waals surface area contributed by atoms with Crippen molar-refractivity contribution in [1.29, 1.82) is 0 Å². The first-order chi connectivity index (χ1) is 8.22. The van der Waals surface area contributed by atoms with Crippen LogP contribution in [0.5, 0.6) is 0 Å². The molecule has 0 bridgehead atoms. The third-order valence-electron chi connectivity index (χ3n) is 2.08.